The average molecular weight is 353 g/mol. The molecule has 4 atom stereocenters. The van der Waals surface area contributed by atoms with E-state index < -0.39 is 0 Å². The van der Waals surface area contributed by atoms with Crippen LogP contribution in [0, 0.1) is 23.0 Å². The lowest BCUT2D eigenvalue weighted by atomic mass is 9.99. The molecule has 1 aliphatic carbocycles. The summed E-state index contributed by atoms with van der Waals surface area (Å²) >= 11 is 2.46. The Labute approximate surface area is 119 Å². The van der Waals surface area contributed by atoms with Crippen molar-refractivity contribution < 1.29 is 0 Å². The smallest absolute Gasteiger partial charge is 0.00242 e. The van der Waals surface area contributed by atoms with Crippen molar-refractivity contribution in [3.8, 4) is 0 Å². The van der Waals surface area contributed by atoms with Crippen molar-refractivity contribution in [1.29, 1.82) is 0 Å². The number of hydrogen-bond donors (Lipinski definition) is 1. The molecule has 0 radical (unpaired) electrons. The first kappa shape index (κ1) is 15.7. The van der Waals surface area contributed by atoms with Gasteiger partial charge in [-0.2, -0.15) is 0 Å². The van der Waals surface area contributed by atoms with E-state index in [1.54, 1.807) is 0 Å². The highest BCUT2D eigenvalue weighted by molar-refractivity contribution is 14.1. The van der Waals surface area contributed by atoms with E-state index in [0.29, 0.717) is 24.9 Å². The number of hydroxylamine groups is 2. The molecule has 2 N–H and O–H groups in total. The van der Waals surface area contributed by atoms with Gasteiger partial charge in [0.15, 0.2) is 0 Å². The monoisotopic (exact) mass is 353 g/mol. The Morgan fingerprint density at radius 1 is 1.41 bits per heavy atom. The topological polar surface area (TPSA) is 52.3 Å². The summed E-state index contributed by atoms with van der Waals surface area (Å²) in [5.74, 6) is 1.73. The number of nitrogens with two attached hydrogens (primary N) is 1. The van der Waals surface area contributed by atoms with Crippen LogP contribution in [0.2, 0.25) is 0 Å². The maximum absolute atomic E-state index is 12.2. The van der Waals surface area contributed by atoms with Gasteiger partial charge in [-0.15, -0.1) is 0 Å². The molecule has 17 heavy (non-hydrogen) atoms. The number of halogens is 1. The minimum atomic E-state index is 0.223. The predicted molar refractivity (Wildman–Crippen MR) is 82.1 cm³/mol. The fraction of sp³-hybridized carbons (Fsp3) is 1.00. The molecule has 0 aromatic heterocycles. The van der Waals surface area contributed by atoms with Gasteiger partial charge in [0.25, 0.3) is 0 Å². The van der Waals surface area contributed by atoms with Crippen LogP contribution in [0.3, 0.4) is 0 Å². The van der Waals surface area contributed by atoms with E-state index in [9.17, 15) is 5.21 Å². The summed E-state index contributed by atoms with van der Waals surface area (Å²) in [7, 11) is 0. The second-order valence-corrected chi connectivity index (χ2v) is 6.65. The van der Waals surface area contributed by atoms with Crippen LogP contribution in [-0.2, 0) is 0 Å². The second kappa shape index (κ2) is 7.92. The molecule has 0 aliphatic heterocycles. The molecule has 0 saturated heterocycles. The molecule has 1 aliphatic rings. The van der Waals surface area contributed by atoms with Gasteiger partial charge in [0.2, 0.25) is 0 Å². The molecule has 3 nitrogen and oxygen atoms in total. The summed E-state index contributed by atoms with van der Waals surface area (Å²) in [6.45, 7) is 5.54. The minimum absolute atomic E-state index is 0.223. The van der Waals surface area contributed by atoms with Crippen molar-refractivity contribution in [2.45, 2.75) is 45.6 Å². The molecule has 102 valence electrons. The third-order valence-corrected chi connectivity index (χ3v) is 5.11. The fourth-order valence-electron chi connectivity index (χ4n) is 2.61. The van der Waals surface area contributed by atoms with E-state index in [4.69, 9.17) is 5.73 Å². The van der Waals surface area contributed by atoms with Crippen molar-refractivity contribution in [2.75, 3.05) is 17.5 Å². The first-order valence-electron chi connectivity index (χ1n) is 6.76. The normalized spacial score (nSPS) is 32.5. The Kier molecular flexibility index (Phi) is 7.30. The maximum Gasteiger partial charge on any atom is 0.00242 e. The maximum atomic E-state index is 12.2. The summed E-state index contributed by atoms with van der Waals surface area (Å²) < 4.78 is 1.18. The minimum Gasteiger partial charge on any atom is -0.785 e. The van der Waals surface area contributed by atoms with Gasteiger partial charge in [0.1, 0.15) is 0 Å². The zero-order valence-electron chi connectivity index (χ0n) is 11.1. The van der Waals surface area contributed by atoms with Crippen molar-refractivity contribution in [2.24, 2.45) is 23.5 Å². The highest BCUT2D eigenvalue weighted by Gasteiger charge is 2.24. The molecule has 4 heteroatoms. The van der Waals surface area contributed by atoms with Crippen LogP contribution in [0.25, 0.3) is 0 Å². The van der Waals surface area contributed by atoms with E-state index in [1.807, 2.05) is 0 Å². The third kappa shape index (κ3) is 5.41. The molecule has 4 unspecified atom stereocenters. The van der Waals surface area contributed by atoms with E-state index in [1.165, 1.54) is 22.3 Å². The van der Waals surface area contributed by atoms with E-state index in [-0.39, 0.29) is 6.04 Å². The van der Waals surface area contributed by atoms with Crippen molar-refractivity contribution in [3.63, 3.8) is 0 Å². The third-order valence-electron chi connectivity index (χ3n) is 3.87. The molecule has 0 aromatic rings. The Morgan fingerprint density at radius 2 is 2.12 bits per heavy atom. The Hall–Kier alpha value is 0.610. The number of alkyl halides is 1. The van der Waals surface area contributed by atoms with E-state index in [0.717, 1.165) is 18.8 Å². The lowest BCUT2D eigenvalue weighted by Crippen LogP contribution is -2.37. The Bertz CT molecular complexity index is 216. The Morgan fingerprint density at radius 3 is 2.71 bits per heavy atom. The predicted octanol–water partition coefficient (Wildman–Crippen LogP) is 3.01. The average Bonchev–Trinajstić information content (AvgIpc) is 2.50. The molecule has 0 heterocycles. The quantitative estimate of drug-likeness (QED) is 0.358. The molecule has 0 bridgehead atoms. The number of nitrogens with zero attached hydrogens (tertiary/aromatic N) is 1. The highest BCUT2D eigenvalue weighted by atomic mass is 127. The summed E-state index contributed by atoms with van der Waals surface area (Å²) in [6, 6.07) is 0.223. The van der Waals surface area contributed by atoms with Crippen LogP contribution in [0.1, 0.15) is 39.5 Å². The van der Waals surface area contributed by atoms with Crippen LogP contribution >= 0.6 is 22.6 Å². The fourth-order valence-corrected chi connectivity index (χ4v) is 3.41. The van der Waals surface area contributed by atoms with Gasteiger partial charge in [-0.05, 0) is 56.1 Å². The number of rotatable bonds is 5. The van der Waals surface area contributed by atoms with Crippen LogP contribution in [0.5, 0.6) is 0 Å². The van der Waals surface area contributed by atoms with Gasteiger partial charge < -0.3 is 16.0 Å². The van der Waals surface area contributed by atoms with Crippen molar-refractivity contribution >= 4 is 22.6 Å². The Balaban J connectivity index is 2.53. The molecular weight excluding hydrogens is 327 g/mol. The second-order valence-electron chi connectivity index (χ2n) is 5.77. The molecule has 0 aromatic carbocycles. The van der Waals surface area contributed by atoms with Crippen molar-refractivity contribution in [3.05, 3.63) is 5.21 Å². The van der Waals surface area contributed by atoms with Gasteiger partial charge in [-0.1, -0.05) is 42.9 Å². The first-order valence-corrected chi connectivity index (χ1v) is 8.29. The lowest BCUT2D eigenvalue weighted by Gasteiger charge is -2.40. The van der Waals surface area contributed by atoms with Gasteiger partial charge >= 0.3 is 0 Å². The molecule has 1 fully saturated rings. The van der Waals surface area contributed by atoms with Gasteiger partial charge in [0.05, 0.1) is 0 Å². The largest absolute Gasteiger partial charge is 0.785 e. The molecule has 1 saturated carbocycles. The SMILES string of the molecule is CC1CCC(CI)CC(N([O-])CC(C)CN)C1. The number of hydrogen-bond acceptors (Lipinski definition) is 3. The summed E-state index contributed by atoms with van der Waals surface area (Å²) in [5, 5.41) is 13.5. The first-order chi connectivity index (χ1) is 8.06. The van der Waals surface area contributed by atoms with Crippen LogP contribution < -0.4 is 5.73 Å². The highest BCUT2D eigenvalue weighted by Crippen LogP contribution is 2.31. The molecule has 0 spiro atoms. The molecule has 1 rings (SSSR count). The van der Waals surface area contributed by atoms with Crippen LogP contribution in [0.4, 0.5) is 0 Å². The summed E-state index contributed by atoms with van der Waals surface area (Å²) in [5.41, 5.74) is 5.59. The zero-order chi connectivity index (χ0) is 12.8. The standard InChI is InChI=1S/C13H26IN2O/c1-10-3-4-12(7-14)6-13(5-10)16(17)9-11(2)8-15/h10-13H,3-9,15H2,1-2H3/q-1. The summed E-state index contributed by atoms with van der Waals surface area (Å²) in [4.78, 5) is 0. The van der Waals surface area contributed by atoms with Gasteiger partial charge in [-0.3, -0.25) is 0 Å². The van der Waals surface area contributed by atoms with Crippen LogP contribution in [-0.4, -0.2) is 28.6 Å². The van der Waals surface area contributed by atoms with Crippen molar-refractivity contribution in [1.82, 2.24) is 5.06 Å². The van der Waals surface area contributed by atoms with Gasteiger partial charge in [-0.25, -0.2) is 0 Å². The lowest BCUT2D eigenvalue weighted by molar-refractivity contribution is 0.202. The van der Waals surface area contributed by atoms with Gasteiger partial charge in [0, 0.05) is 4.43 Å². The van der Waals surface area contributed by atoms with E-state index in [2.05, 4.69) is 36.4 Å². The zero-order valence-corrected chi connectivity index (χ0v) is 13.2. The van der Waals surface area contributed by atoms with Crippen LogP contribution in [0.15, 0.2) is 0 Å². The summed E-state index contributed by atoms with van der Waals surface area (Å²) in [6.07, 6.45) is 4.72. The molecular formula is C13H26IN2O-. The molecule has 0 amide bonds. The van der Waals surface area contributed by atoms with E-state index >= 15 is 0 Å².